The fourth-order valence-electron chi connectivity index (χ4n) is 4.72. The van der Waals surface area contributed by atoms with Crippen molar-refractivity contribution in [3.05, 3.63) is 71.8 Å². The number of esters is 1. The van der Waals surface area contributed by atoms with Gasteiger partial charge in [-0.25, -0.2) is 0 Å². The van der Waals surface area contributed by atoms with E-state index in [1.54, 1.807) is 0 Å². The van der Waals surface area contributed by atoms with Gasteiger partial charge in [0.25, 0.3) is 0 Å². The molecule has 0 unspecified atom stereocenters. The summed E-state index contributed by atoms with van der Waals surface area (Å²) in [6.07, 6.45) is 6.27. The van der Waals surface area contributed by atoms with Gasteiger partial charge in [-0.05, 0) is 12.8 Å². The summed E-state index contributed by atoms with van der Waals surface area (Å²) in [6, 6.07) is 20.7. The quantitative estimate of drug-likeness (QED) is 0.743. The van der Waals surface area contributed by atoms with E-state index in [1.165, 1.54) is 19.3 Å². The van der Waals surface area contributed by atoms with Crippen LogP contribution < -0.4 is 0 Å². The number of carbonyl (C=O) groups excluding carboxylic acids is 1. The van der Waals surface area contributed by atoms with E-state index in [4.69, 9.17) is 4.74 Å². The lowest BCUT2D eigenvalue weighted by molar-refractivity contribution is -0.149. The van der Waals surface area contributed by atoms with Crippen molar-refractivity contribution in [2.75, 3.05) is 0 Å². The van der Waals surface area contributed by atoms with E-state index < -0.39 is 5.60 Å². The van der Waals surface area contributed by atoms with Crippen LogP contribution in [0, 0.1) is 5.41 Å². The van der Waals surface area contributed by atoms with Crippen LogP contribution in [0.2, 0.25) is 0 Å². The Morgan fingerprint density at radius 1 is 0.739 bits per heavy atom. The van der Waals surface area contributed by atoms with Gasteiger partial charge in [0.1, 0.15) is 0 Å². The lowest BCUT2D eigenvalue weighted by Gasteiger charge is -2.46. The van der Waals surface area contributed by atoms with Gasteiger partial charge >= 0.3 is 5.97 Å². The standard InChI is InChI=1S/C21H22O2/c22-19-16-20(14-8-3-9-15-20)21(23-19,17-10-4-1-5-11-17)18-12-6-2-7-13-18/h1-2,4-7,10-13H,3,8-9,14-16H2. The second-order valence-corrected chi connectivity index (χ2v) is 6.91. The van der Waals surface area contributed by atoms with E-state index in [1.807, 2.05) is 36.4 Å². The molecule has 1 saturated carbocycles. The molecular weight excluding hydrogens is 284 g/mol. The van der Waals surface area contributed by atoms with Gasteiger partial charge in [0, 0.05) is 16.5 Å². The van der Waals surface area contributed by atoms with Gasteiger partial charge in [-0.15, -0.1) is 0 Å². The maximum atomic E-state index is 12.5. The minimum absolute atomic E-state index is 0.0559. The highest BCUT2D eigenvalue weighted by molar-refractivity contribution is 5.76. The smallest absolute Gasteiger partial charge is 0.307 e. The molecule has 2 aromatic rings. The number of hydrogen-bond acceptors (Lipinski definition) is 2. The summed E-state index contributed by atoms with van der Waals surface area (Å²) in [5.74, 6) is -0.0559. The first-order valence-corrected chi connectivity index (χ1v) is 8.60. The Morgan fingerprint density at radius 3 is 1.78 bits per heavy atom. The van der Waals surface area contributed by atoms with Crippen LogP contribution in [-0.2, 0) is 15.1 Å². The van der Waals surface area contributed by atoms with Gasteiger partial charge in [0.05, 0.1) is 6.42 Å². The molecule has 2 nitrogen and oxygen atoms in total. The molecule has 23 heavy (non-hydrogen) atoms. The van der Waals surface area contributed by atoms with Crippen molar-refractivity contribution >= 4 is 5.97 Å². The first kappa shape index (κ1) is 14.5. The van der Waals surface area contributed by atoms with Crippen LogP contribution in [0.4, 0.5) is 0 Å². The monoisotopic (exact) mass is 306 g/mol. The minimum Gasteiger partial charge on any atom is -0.449 e. The molecule has 2 heteroatoms. The lowest BCUT2D eigenvalue weighted by atomic mass is 9.58. The number of rotatable bonds is 2. The Balaban J connectivity index is 1.97. The Bertz CT molecular complexity index is 645. The molecule has 0 bridgehead atoms. The summed E-state index contributed by atoms with van der Waals surface area (Å²) < 4.78 is 6.18. The summed E-state index contributed by atoms with van der Waals surface area (Å²) in [5, 5.41) is 0. The molecule has 0 atom stereocenters. The topological polar surface area (TPSA) is 26.3 Å². The normalized spacial score (nSPS) is 22.0. The van der Waals surface area contributed by atoms with E-state index in [-0.39, 0.29) is 11.4 Å². The van der Waals surface area contributed by atoms with Crippen LogP contribution in [0.5, 0.6) is 0 Å². The molecular formula is C21H22O2. The number of benzene rings is 2. The Hall–Kier alpha value is -2.09. The third-order valence-corrected chi connectivity index (χ3v) is 5.67. The van der Waals surface area contributed by atoms with E-state index in [2.05, 4.69) is 24.3 Å². The second kappa shape index (κ2) is 5.52. The number of hydrogen-bond donors (Lipinski definition) is 0. The maximum Gasteiger partial charge on any atom is 0.307 e. The molecule has 1 saturated heterocycles. The van der Waals surface area contributed by atoms with Crippen molar-refractivity contribution in [1.29, 1.82) is 0 Å². The van der Waals surface area contributed by atoms with Crippen molar-refractivity contribution in [1.82, 2.24) is 0 Å². The Morgan fingerprint density at radius 2 is 1.26 bits per heavy atom. The highest BCUT2D eigenvalue weighted by atomic mass is 16.6. The number of carbonyl (C=O) groups is 1. The van der Waals surface area contributed by atoms with Gasteiger partial charge in [0.15, 0.2) is 5.60 Å². The molecule has 4 rings (SSSR count). The molecule has 2 fully saturated rings. The van der Waals surface area contributed by atoms with E-state index in [0.717, 1.165) is 24.0 Å². The molecule has 2 aromatic carbocycles. The summed E-state index contributed by atoms with van der Waals surface area (Å²) in [5.41, 5.74) is 1.48. The van der Waals surface area contributed by atoms with Crippen LogP contribution in [0.3, 0.4) is 0 Å². The fraction of sp³-hybridized carbons (Fsp3) is 0.381. The predicted molar refractivity (Wildman–Crippen MR) is 89.9 cm³/mol. The molecule has 0 radical (unpaired) electrons. The second-order valence-electron chi connectivity index (χ2n) is 6.91. The summed E-state index contributed by atoms with van der Waals surface area (Å²) in [4.78, 5) is 12.5. The third kappa shape index (κ3) is 2.12. The molecule has 0 N–H and O–H groups in total. The Kier molecular flexibility index (Phi) is 3.48. The average Bonchev–Trinajstić information content (AvgIpc) is 2.89. The zero-order valence-corrected chi connectivity index (χ0v) is 13.3. The van der Waals surface area contributed by atoms with Crippen molar-refractivity contribution in [2.24, 2.45) is 5.41 Å². The van der Waals surface area contributed by atoms with Gasteiger partial charge in [-0.2, -0.15) is 0 Å². The van der Waals surface area contributed by atoms with Gasteiger partial charge in [0.2, 0.25) is 0 Å². The van der Waals surface area contributed by atoms with Crippen LogP contribution in [0.15, 0.2) is 60.7 Å². The molecule has 0 amide bonds. The lowest BCUT2D eigenvalue weighted by Crippen LogP contribution is -2.45. The maximum absolute atomic E-state index is 12.5. The predicted octanol–water partition coefficient (Wildman–Crippen LogP) is 4.83. The van der Waals surface area contributed by atoms with Crippen molar-refractivity contribution < 1.29 is 9.53 Å². The van der Waals surface area contributed by atoms with Crippen molar-refractivity contribution in [3.8, 4) is 0 Å². The molecule has 1 aliphatic carbocycles. The Labute approximate surface area is 137 Å². The van der Waals surface area contributed by atoms with E-state index in [9.17, 15) is 4.79 Å². The van der Waals surface area contributed by atoms with E-state index >= 15 is 0 Å². The first-order valence-electron chi connectivity index (χ1n) is 8.60. The summed E-state index contributed by atoms with van der Waals surface area (Å²) in [6.45, 7) is 0. The molecule has 2 aliphatic rings. The number of ether oxygens (including phenoxy) is 1. The number of cyclic esters (lactones) is 1. The third-order valence-electron chi connectivity index (χ3n) is 5.67. The van der Waals surface area contributed by atoms with Crippen LogP contribution in [-0.4, -0.2) is 5.97 Å². The molecule has 1 heterocycles. The van der Waals surface area contributed by atoms with Crippen LogP contribution in [0.1, 0.15) is 49.7 Å². The van der Waals surface area contributed by atoms with Crippen molar-refractivity contribution in [3.63, 3.8) is 0 Å². The van der Waals surface area contributed by atoms with E-state index in [0.29, 0.717) is 6.42 Å². The van der Waals surface area contributed by atoms with Crippen LogP contribution in [0.25, 0.3) is 0 Å². The zero-order valence-electron chi connectivity index (χ0n) is 13.3. The molecule has 0 aromatic heterocycles. The largest absolute Gasteiger partial charge is 0.449 e. The highest BCUT2D eigenvalue weighted by Gasteiger charge is 2.62. The summed E-state index contributed by atoms with van der Waals surface area (Å²) >= 11 is 0. The molecule has 1 spiro atoms. The average molecular weight is 306 g/mol. The minimum atomic E-state index is -0.632. The SMILES string of the molecule is O=C1CC2(CCCCC2)C(c2ccccc2)(c2ccccc2)O1. The van der Waals surface area contributed by atoms with Crippen molar-refractivity contribution in [2.45, 2.75) is 44.1 Å². The van der Waals surface area contributed by atoms with Gasteiger partial charge in [-0.3, -0.25) is 4.79 Å². The molecule has 118 valence electrons. The van der Waals surface area contributed by atoms with Gasteiger partial charge in [-0.1, -0.05) is 79.9 Å². The summed E-state index contributed by atoms with van der Waals surface area (Å²) in [7, 11) is 0. The van der Waals surface area contributed by atoms with Crippen LogP contribution >= 0.6 is 0 Å². The first-order chi connectivity index (χ1) is 11.3. The molecule has 1 aliphatic heterocycles. The fourth-order valence-corrected chi connectivity index (χ4v) is 4.72. The van der Waals surface area contributed by atoms with Gasteiger partial charge < -0.3 is 4.74 Å². The highest BCUT2D eigenvalue weighted by Crippen LogP contribution is 2.61. The zero-order chi connectivity index (χ0) is 15.8.